The molecule has 0 aliphatic heterocycles. The van der Waals surface area contributed by atoms with Crippen LogP contribution in [0.15, 0.2) is 24.3 Å². The van der Waals surface area contributed by atoms with E-state index in [9.17, 15) is 8.78 Å². The average Bonchev–Trinajstić information content (AvgIpc) is 2.73. The quantitative estimate of drug-likeness (QED) is 0.753. The van der Waals surface area contributed by atoms with Gasteiger partial charge in [-0.05, 0) is 49.9 Å². The van der Waals surface area contributed by atoms with Gasteiger partial charge in [-0.15, -0.1) is 0 Å². The van der Waals surface area contributed by atoms with Crippen molar-refractivity contribution < 1.29 is 13.5 Å². The first kappa shape index (κ1) is 16.2. The normalized spacial score (nSPS) is 18.5. The zero-order valence-electron chi connectivity index (χ0n) is 12.7. The van der Waals surface area contributed by atoms with Crippen molar-refractivity contribution in [2.24, 2.45) is 5.92 Å². The average molecular weight is 297 g/mol. The lowest BCUT2D eigenvalue weighted by Crippen LogP contribution is -2.25. The van der Waals surface area contributed by atoms with Crippen LogP contribution in [0.2, 0.25) is 0 Å². The molecule has 1 aromatic carbocycles. The molecule has 1 atom stereocenters. The minimum atomic E-state index is -2.77. The van der Waals surface area contributed by atoms with Gasteiger partial charge in [-0.25, -0.2) is 0 Å². The standard InChI is InChI=1S/C17H25F2NO/c1-13(20-12-14-7-4-2-3-5-8-14)15-9-6-10-16(11-15)21-17(18)19/h6,9-11,13-14,17,20H,2-5,7-8,12H2,1H3. The highest BCUT2D eigenvalue weighted by molar-refractivity contribution is 5.30. The van der Waals surface area contributed by atoms with Crippen molar-refractivity contribution in [3.8, 4) is 5.75 Å². The van der Waals surface area contributed by atoms with Crippen LogP contribution in [0.1, 0.15) is 57.1 Å². The van der Waals surface area contributed by atoms with Crippen molar-refractivity contribution in [1.82, 2.24) is 5.32 Å². The summed E-state index contributed by atoms with van der Waals surface area (Å²) in [6, 6.07) is 7.11. The molecule has 2 nitrogen and oxygen atoms in total. The lowest BCUT2D eigenvalue weighted by atomic mass is 9.99. The predicted molar refractivity (Wildman–Crippen MR) is 80.7 cm³/mol. The van der Waals surface area contributed by atoms with Gasteiger partial charge in [0.05, 0.1) is 0 Å². The van der Waals surface area contributed by atoms with Crippen LogP contribution in [0.5, 0.6) is 5.75 Å². The van der Waals surface area contributed by atoms with E-state index in [0.717, 1.165) is 18.0 Å². The van der Waals surface area contributed by atoms with Gasteiger partial charge in [0.15, 0.2) is 0 Å². The third-order valence-electron chi connectivity index (χ3n) is 4.27. The number of nitrogens with one attached hydrogen (secondary N) is 1. The Bertz CT molecular complexity index is 417. The number of benzene rings is 1. The maximum absolute atomic E-state index is 12.2. The fraction of sp³-hybridized carbons (Fsp3) is 0.647. The third-order valence-corrected chi connectivity index (χ3v) is 4.27. The molecule has 0 aromatic heterocycles. The Hall–Kier alpha value is -1.16. The first-order valence-corrected chi connectivity index (χ1v) is 7.93. The Kier molecular flexibility index (Phi) is 6.43. The summed E-state index contributed by atoms with van der Waals surface area (Å²) in [5, 5.41) is 3.53. The van der Waals surface area contributed by atoms with Crippen LogP contribution < -0.4 is 10.1 Å². The van der Waals surface area contributed by atoms with E-state index in [0.29, 0.717) is 0 Å². The molecule has 1 unspecified atom stereocenters. The van der Waals surface area contributed by atoms with Crippen LogP contribution in [0.4, 0.5) is 8.78 Å². The maximum Gasteiger partial charge on any atom is 0.387 e. The zero-order chi connectivity index (χ0) is 15.1. The summed E-state index contributed by atoms with van der Waals surface area (Å²) < 4.78 is 28.9. The highest BCUT2D eigenvalue weighted by Crippen LogP contribution is 2.24. The van der Waals surface area contributed by atoms with Crippen LogP contribution in [0.3, 0.4) is 0 Å². The summed E-state index contributed by atoms with van der Waals surface area (Å²) in [6.45, 7) is 0.300. The van der Waals surface area contributed by atoms with Crippen molar-refractivity contribution in [2.75, 3.05) is 6.54 Å². The van der Waals surface area contributed by atoms with E-state index >= 15 is 0 Å². The smallest absolute Gasteiger partial charge is 0.387 e. The zero-order valence-corrected chi connectivity index (χ0v) is 12.7. The molecule has 1 saturated carbocycles. The number of hydrogen-bond donors (Lipinski definition) is 1. The highest BCUT2D eigenvalue weighted by atomic mass is 19.3. The van der Waals surface area contributed by atoms with Crippen molar-refractivity contribution in [3.05, 3.63) is 29.8 Å². The van der Waals surface area contributed by atoms with E-state index in [4.69, 9.17) is 0 Å². The van der Waals surface area contributed by atoms with Gasteiger partial charge in [0.2, 0.25) is 0 Å². The Morgan fingerprint density at radius 3 is 2.57 bits per heavy atom. The summed E-state index contributed by atoms with van der Waals surface area (Å²) in [5.74, 6) is 0.973. The molecule has 0 amide bonds. The van der Waals surface area contributed by atoms with Crippen molar-refractivity contribution in [3.63, 3.8) is 0 Å². The third kappa shape index (κ3) is 5.62. The van der Waals surface area contributed by atoms with Crippen LogP contribution in [-0.2, 0) is 0 Å². The minimum Gasteiger partial charge on any atom is -0.435 e. The van der Waals surface area contributed by atoms with Gasteiger partial charge in [0, 0.05) is 6.04 Å². The second-order valence-corrected chi connectivity index (χ2v) is 5.94. The Balaban J connectivity index is 1.85. The number of ether oxygens (including phenoxy) is 1. The molecule has 1 aliphatic rings. The molecule has 1 aromatic rings. The summed E-state index contributed by atoms with van der Waals surface area (Å²) >= 11 is 0. The van der Waals surface area contributed by atoms with Crippen LogP contribution in [0.25, 0.3) is 0 Å². The number of hydrogen-bond acceptors (Lipinski definition) is 2. The molecule has 1 aliphatic carbocycles. The molecule has 4 heteroatoms. The molecule has 0 heterocycles. The molecule has 0 bridgehead atoms. The molecule has 1 fully saturated rings. The fourth-order valence-corrected chi connectivity index (χ4v) is 2.99. The number of rotatable bonds is 6. The number of halogens is 2. The van der Waals surface area contributed by atoms with Crippen LogP contribution in [0, 0.1) is 5.92 Å². The Labute approximate surface area is 125 Å². The van der Waals surface area contributed by atoms with E-state index in [2.05, 4.69) is 17.0 Å². The molecular weight excluding hydrogens is 272 g/mol. The second-order valence-electron chi connectivity index (χ2n) is 5.94. The summed E-state index contributed by atoms with van der Waals surface area (Å²) in [4.78, 5) is 0. The molecule has 2 rings (SSSR count). The van der Waals surface area contributed by atoms with E-state index < -0.39 is 6.61 Å². The first-order valence-electron chi connectivity index (χ1n) is 7.93. The van der Waals surface area contributed by atoms with Gasteiger partial charge in [0.1, 0.15) is 5.75 Å². The number of alkyl halides is 2. The molecular formula is C17H25F2NO. The summed E-state index contributed by atoms with van der Waals surface area (Å²) in [5.41, 5.74) is 0.988. The Morgan fingerprint density at radius 2 is 1.90 bits per heavy atom. The molecule has 118 valence electrons. The first-order chi connectivity index (χ1) is 10.1. The van der Waals surface area contributed by atoms with E-state index in [1.807, 2.05) is 6.07 Å². The molecule has 0 spiro atoms. The lowest BCUT2D eigenvalue weighted by Gasteiger charge is -2.20. The molecule has 0 radical (unpaired) electrons. The molecule has 1 N–H and O–H groups in total. The van der Waals surface area contributed by atoms with Crippen molar-refractivity contribution in [2.45, 2.75) is 58.1 Å². The lowest BCUT2D eigenvalue weighted by molar-refractivity contribution is -0.0499. The highest BCUT2D eigenvalue weighted by Gasteiger charge is 2.14. The molecule has 21 heavy (non-hydrogen) atoms. The van der Waals surface area contributed by atoms with Gasteiger partial charge in [0.25, 0.3) is 0 Å². The van der Waals surface area contributed by atoms with E-state index in [-0.39, 0.29) is 11.8 Å². The monoisotopic (exact) mass is 297 g/mol. The van der Waals surface area contributed by atoms with Gasteiger partial charge in [-0.2, -0.15) is 8.78 Å². The topological polar surface area (TPSA) is 21.3 Å². The Morgan fingerprint density at radius 1 is 1.19 bits per heavy atom. The fourth-order valence-electron chi connectivity index (χ4n) is 2.99. The van der Waals surface area contributed by atoms with Gasteiger partial charge >= 0.3 is 6.61 Å². The van der Waals surface area contributed by atoms with Gasteiger partial charge < -0.3 is 10.1 Å². The largest absolute Gasteiger partial charge is 0.435 e. The second kappa shape index (κ2) is 8.32. The van der Waals surface area contributed by atoms with Crippen molar-refractivity contribution >= 4 is 0 Å². The van der Waals surface area contributed by atoms with Crippen LogP contribution >= 0.6 is 0 Å². The SMILES string of the molecule is CC(NCC1CCCCCC1)c1cccc(OC(F)F)c1. The summed E-state index contributed by atoms with van der Waals surface area (Å²) in [6.07, 6.45) is 7.98. The summed E-state index contributed by atoms with van der Waals surface area (Å²) in [7, 11) is 0. The van der Waals surface area contributed by atoms with Crippen molar-refractivity contribution in [1.29, 1.82) is 0 Å². The predicted octanol–water partition coefficient (Wildman–Crippen LogP) is 4.91. The van der Waals surface area contributed by atoms with E-state index in [1.54, 1.807) is 18.2 Å². The van der Waals surface area contributed by atoms with Gasteiger partial charge in [-0.3, -0.25) is 0 Å². The maximum atomic E-state index is 12.2. The molecule has 0 saturated heterocycles. The minimum absolute atomic E-state index is 0.148. The van der Waals surface area contributed by atoms with Crippen LogP contribution in [-0.4, -0.2) is 13.2 Å². The van der Waals surface area contributed by atoms with E-state index in [1.165, 1.54) is 38.5 Å². The van der Waals surface area contributed by atoms with Gasteiger partial charge in [-0.1, -0.05) is 37.8 Å².